The van der Waals surface area contributed by atoms with Gasteiger partial charge in [0.2, 0.25) is 15.9 Å². The Bertz CT molecular complexity index is 721. The van der Waals surface area contributed by atoms with Crippen LogP contribution in [-0.2, 0) is 14.8 Å². The molecule has 0 bridgehead atoms. The highest BCUT2D eigenvalue weighted by Crippen LogP contribution is 2.38. The maximum Gasteiger partial charge on any atom is 0.218 e. The van der Waals surface area contributed by atoms with Gasteiger partial charge in [0.05, 0.1) is 32.1 Å². The second-order valence-electron chi connectivity index (χ2n) is 7.27. The number of anilines is 1. The summed E-state index contributed by atoms with van der Waals surface area (Å²) >= 11 is 0. The molecule has 3 aliphatic rings. The van der Waals surface area contributed by atoms with Crippen LogP contribution in [0.5, 0.6) is 5.88 Å². The van der Waals surface area contributed by atoms with Crippen molar-refractivity contribution >= 4 is 15.8 Å². The van der Waals surface area contributed by atoms with E-state index in [1.165, 1.54) is 6.33 Å². The van der Waals surface area contributed by atoms with E-state index in [-0.39, 0.29) is 16.8 Å². The molecule has 1 aromatic heterocycles. The van der Waals surface area contributed by atoms with Crippen LogP contribution in [0.2, 0.25) is 0 Å². The molecule has 0 unspecified atom stereocenters. The first kappa shape index (κ1) is 17.0. The molecule has 2 saturated heterocycles. The maximum absolute atomic E-state index is 11.9. The zero-order valence-corrected chi connectivity index (χ0v) is 15.2. The lowest BCUT2D eigenvalue weighted by Gasteiger charge is -2.53. The Labute approximate surface area is 148 Å². The average Bonchev–Trinajstić information content (AvgIpc) is 3.44. The lowest BCUT2D eigenvalue weighted by atomic mass is 9.83. The Morgan fingerprint density at radius 1 is 1.36 bits per heavy atom. The van der Waals surface area contributed by atoms with Crippen LogP contribution in [0, 0.1) is 5.92 Å². The molecular weight excluding hydrogens is 344 g/mol. The summed E-state index contributed by atoms with van der Waals surface area (Å²) in [6.45, 7) is 2.69. The molecule has 1 spiro atoms. The van der Waals surface area contributed by atoms with Gasteiger partial charge in [0.15, 0.2) is 0 Å². The van der Waals surface area contributed by atoms with E-state index in [1.807, 2.05) is 6.07 Å². The van der Waals surface area contributed by atoms with Crippen LogP contribution in [0.3, 0.4) is 0 Å². The number of sulfonamides is 1. The molecule has 4 rings (SSSR count). The summed E-state index contributed by atoms with van der Waals surface area (Å²) in [5.41, 5.74) is -0.121. The predicted octanol–water partition coefficient (Wildman–Crippen LogP) is 0.552. The van der Waals surface area contributed by atoms with E-state index in [0.29, 0.717) is 19.0 Å². The third-order valence-corrected chi connectivity index (χ3v) is 7.21. The van der Waals surface area contributed by atoms with Crippen LogP contribution in [0.25, 0.3) is 0 Å². The van der Waals surface area contributed by atoms with Gasteiger partial charge >= 0.3 is 0 Å². The van der Waals surface area contributed by atoms with E-state index in [1.54, 1.807) is 7.11 Å². The molecule has 3 heterocycles. The van der Waals surface area contributed by atoms with Gasteiger partial charge in [-0.15, -0.1) is 0 Å². The second-order valence-corrected chi connectivity index (χ2v) is 9.31. The first-order valence-electron chi connectivity index (χ1n) is 8.73. The van der Waals surface area contributed by atoms with Gasteiger partial charge in [0, 0.05) is 12.6 Å². The second kappa shape index (κ2) is 6.37. The predicted molar refractivity (Wildman–Crippen MR) is 92.1 cm³/mol. The number of ether oxygens (including phenoxy) is 2. The molecular formula is C16H24N4O4S. The molecule has 1 N–H and O–H groups in total. The number of methoxy groups -OCH3 is 1. The molecule has 1 atom stereocenters. The molecule has 2 aliphatic heterocycles. The minimum absolute atomic E-state index is 0.121. The Hall–Kier alpha value is -1.45. The summed E-state index contributed by atoms with van der Waals surface area (Å²) in [5, 5.41) is -0.159. The maximum atomic E-state index is 11.9. The van der Waals surface area contributed by atoms with Crippen molar-refractivity contribution in [1.29, 1.82) is 0 Å². The number of hydrogen-bond donors (Lipinski definition) is 1. The summed E-state index contributed by atoms with van der Waals surface area (Å²) < 4.78 is 37.8. The lowest BCUT2D eigenvalue weighted by molar-refractivity contribution is -0.114. The smallest absolute Gasteiger partial charge is 0.218 e. The SMILES string of the molecule is COc1cc(N2CC3(CC[C@@H](CNS(=O)(=O)C4CC4)CO3)C2)ncn1. The topological polar surface area (TPSA) is 93.7 Å². The number of rotatable bonds is 6. The van der Waals surface area contributed by atoms with Crippen molar-refractivity contribution in [3.63, 3.8) is 0 Å². The third-order valence-electron chi connectivity index (χ3n) is 5.29. The fraction of sp³-hybridized carbons (Fsp3) is 0.750. The summed E-state index contributed by atoms with van der Waals surface area (Å²) in [6, 6.07) is 1.82. The van der Waals surface area contributed by atoms with Crippen LogP contribution in [-0.4, -0.2) is 62.6 Å². The number of hydrogen-bond acceptors (Lipinski definition) is 7. The number of aromatic nitrogens is 2. The zero-order chi connectivity index (χ0) is 17.5. The standard InChI is InChI=1S/C16H24N4O4S/c1-23-15-6-14(17-11-18-15)20-9-16(10-20)5-4-12(8-24-16)7-19-25(21,22)13-2-3-13/h6,11-13,19H,2-5,7-10H2,1H3/t12-/m0/s1. The quantitative estimate of drug-likeness (QED) is 0.784. The largest absolute Gasteiger partial charge is 0.481 e. The van der Waals surface area contributed by atoms with Gasteiger partial charge in [-0.1, -0.05) is 0 Å². The van der Waals surface area contributed by atoms with Gasteiger partial charge in [0.25, 0.3) is 0 Å². The zero-order valence-electron chi connectivity index (χ0n) is 14.3. The summed E-state index contributed by atoms with van der Waals surface area (Å²) in [6.07, 6.45) is 5.02. The van der Waals surface area contributed by atoms with Gasteiger partial charge in [-0.05, 0) is 31.6 Å². The molecule has 138 valence electrons. The van der Waals surface area contributed by atoms with E-state index < -0.39 is 10.0 Å². The molecule has 25 heavy (non-hydrogen) atoms. The van der Waals surface area contributed by atoms with Gasteiger partial charge < -0.3 is 14.4 Å². The molecule has 0 radical (unpaired) electrons. The molecule has 0 aromatic carbocycles. The van der Waals surface area contributed by atoms with Crippen LogP contribution in [0.15, 0.2) is 12.4 Å². The van der Waals surface area contributed by atoms with E-state index in [0.717, 1.165) is 44.6 Å². The highest BCUT2D eigenvalue weighted by Gasteiger charge is 2.47. The van der Waals surface area contributed by atoms with Crippen molar-refractivity contribution in [3.05, 3.63) is 12.4 Å². The molecule has 9 heteroatoms. The van der Waals surface area contributed by atoms with E-state index >= 15 is 0 Å². The first-order valence-corrected chi connectivity index (χ1v) is 10.3. The monoisotopic (exact) mass is 368 g/mol. The van der Waals surface area contributed by atoms with Gasteiger partial charge in [-0.2, -0.15) is 0 Å². The Balaban J connectivity index is 1.25. The summed E-state index contributed by atoms with van der Waals surface area (Å²) in [7, 11) is -1.51. The highest BCUT2D eigenvalue weighted by molar-refractivity contribution is 7.90. The normalized spacial score (nSPS) is 25.6. The molecule has 1 saturated carbocycles. The molecule has 1 aliphatic carbocycles. The van der Waals surface area contributed by atoms with E-state index in [4.69, 9.17) is 9.47 Å². The van der Waals surface area contributed by atoms with Gasteiger partial charge in [-0.3, -0.25) is 0 Å². The Morgan fingerprint density at radius 3 is 2.80 bits per heavy atom. The summed E-state index contributed by atoms with van der Waals surface area (Å²) in [5.74, 6) is 1.66. The van der Waals surface area contributed by atoms with E-state index in [9.17, 15) is 8.42 Å². The van der Waals surface area contributed by atoms with Crippen LogP contribution in [0.4, 0.5) is 5.82 Å². The average molecular weight is 368 g/mol. The van der Waals surface area contributed by atoms with Crippen molar-refractivity contribution in [2.75, 3.05) is 38.3 Å². The fourth-order valence-corrected chi connectivity index (χ4v) is 4.94. The van der Waals surface area contributed by atoms with Gasteiger partial charge in [0.1, 0.15) is 17.7 Å². The third kappa shape index (κ3) is 3.58. The number of nitrogens with one attached hydrogen (secondary N) is 1. The Kier molecular flexibility index (Phi) is 4.33. The molecule has 1 aromatic rings. The van der Waals surface area contributed by atoms with Crippen LogP contribution in [0.1, 0.15) is 25.7 Å². The van der Waals surface area contributed by atoms with Crippen molar-refractivity contribution < 1.29 is 17.9 Å². The van der Waals surface area contributed by atoms with Crippen molar-refractivity contribution in [3.8, 4) is 5.88 Å². The minimum atomic E-state index is -3.10. The Morgan fingerprint density at radius 2 is 2.16 bits per heavy atom. The van der Waals surface area contributed by atoms with Crippen molar-refractivity contribution in [1.82, 2.24) is 14.7 Å². The first-order chi connectivity index (χ1) is 12.0. The van der Waals surface area contributed by atoms with Crippen molar-refractivity contribution in [2.24, 2.45) is 5.92 Å². The van der Waals surface area contributed by atoms with E-state index in [2.05, 4.69) is 19.6 Å². The van der Waals surface area contributed by atoms with Gasteiger partial charge in [-0.25, -0.2) is 23.1 Å². The molecule has 3 fully saturated rings. The minimum Gasteiger partial charge on any atom is -0.481 e. The highest BCUT2D eigenvalue weighted by atomic mass is 32.2. The lowest BCUT2D eigenvalue weighted by Crippen LogP contribution is -2.65. The van der Waals surface area contributed by atoms with Crippen molar-refractivity contribution in [2.45, 2.75) is 36.5 Å². The molecule has 8 nitrogen and oxygen atoms in total. The fourth-order valence-electron chi connectivity index (χ4n) is 3.48. The van der Waals surface area contributed by atoms with Crippen LogP contribution >= 0.6 is 0 Å². The summed E-state index contributed by atoms with van der Waals surface area (Å²) in [4.78, 5) is 10.5. The van der Waals surface area contributed by atoms with Crippen LogP contribution < -0.4 is 14.4 Å². The molecule has 0 amide bonds. The number of nitrogens with zero attached hydrogens (tertiary/aromatic N) is 3.